The van der Waals surface area contributed by atoms with Gasteiger partial charge in [-0.15, -0.1) is 0 Å². The highest BCUT2D eigenvalue weighted by Gasteiger charge is 2.18. The van der Waals surface area contributed by atoms with Crippen LogP contribution in [-0.4, -0.2) is 62.9 Å². The van der Waals surface area contributed by atoms with Gasteiger partial charge in [-0.2, -0.15) is 5.26 Å². The van der Waals surface area contributed by atoms with E-state index in [2.05, 4.69) is 0 Å². The molecule has 8 heteroatoms. The topological polar surface area (TPSA) is 98.1 Å². The van der Waals surface area contributed by atoms with Crippen LogP contribution in [0.2, 0.25) is 0 Å². The molecular formula is C20H24N2O6. The normalized spacial score (nSPS) is 14.4. The Labute approximate surface area is 164 Å². The van der Waals surface area contributed by atoms with Crippen molar-refractivity contribution in [3.8, 4) is 17.6 Å². The predicted molar refractivity (Wildman–Crippen MR) is 101 cm³/mol. The number of carbonyl (C=O) groups is 2. The molecule has 0 atom stereocenters. The number of hydrogen-bond acceptors (Lipinski definition) is 7. The van der Waals surface area contributed by atoms with E-state index >= 15 is 0 Å². The molecule has 0 saturated carbocycles. The van der Waals surface area contributed by atoms with Gasteiger partial charge in [-0.25, -0.2) is 4.79 Å². The third-order valence-electron chi connectivity index (χ3n) is 3.90. The summed E-state index contributed by atoms with van der Waals surface area (Å²) in [6.07, 6.45) is 1.09. The Kier molecular flexibility index (Phi) is 7.84. The molecule has 1 heterocycles. The maximum atomic E-state index is 12.2. The number of ether oxygens (including phenoxy) is 4. The SMILES string of the molecule is COc1cc(/C=C(\C#N)C(=O)OC(C)C)ccc1OCC(=O)N1CCOCC1. The first-order valence-electron chi connectivity index (χ1n) is 8.93. The first-order chi connectivity index (χ1) is 13.4. The van der Waals surface area contributed by atoms with Crippen LogP contribution in [0.5, 0.6) is 11.5 Å². The van der Waals surface area contributed by atoms with Crippen molar-refractivity contribution >= 4 is 18.0 Å². The Morgan fingerprint density at radius 2 is 2.00 bits per heavy atom. The van der Waals surface area contributed by atoms with Crippen LogP contribution in [0.15, 0.2) is 23.8 Å². The Morgan fingerprint density at radius 1 is 1.29 bits per heavy atom. The summed E-state index contributed by atoms with van der Waals surface area (Å²) >= 11 is 0. The van der Waals surface area contributed by atoms with Gasteiger partial charge in [-0.1, -0.05) is 6.07 Å². The summed E-state index contributed by atoms with van der Waals surface area (Å²) in [5, 5.41) is 9.19. The molecule has 1 amide bonds. The van der Waals surface area contributed by atoms with Crippen LogP contribution in [0.4, 0.5) is 0 Å². The fourth-order valence-electron chi connectivity index (χ4n) is 2.52. The first kappa shape index (κ1) is 21.3. The van der Waals surface area contributed by atoms with Crippen molar-refractivity contribution in [1.82, 2.24) is 4.90 Å². The number of hydrogen-bond donors (Lipinski definition) is 0. The van der Waals surface area contributed by atoms with Gasteiger partial charge in [0.1, 0.15) is 11.6 Å². The van der Waals surface area contributed by atoms with Gasteiger partial charge in [-0.05, 0) is 37.6 Å². The largest absolute Gasteiger partial charge is 0.493 e. The lowest BCUT2D eigenvalue weighted by atomic mass is 10.1. The van der Waals surface area contributed by atoms with E-state index in [1.807, 2.05) is 6.07 Å². The summed E-state index contributed by atoms with van der Waals surface area (Å²) in [6, 6.07) is 6.75. The highest BCUT2D eigenvalue weighted by molar-refractivity contribution is 5.98. The maximum absolute atomic E-state index is 12.2. The van der Waals surface area contributed by atoms with Crippen LogP contribution in [0.25, 0.3) is 6.08 Å². The van der Waals surface area contributed by atoms with Crippen molar-refractivity contribution < 1.29 is 28.5 Å². The summed E-state index contributed by atoms with van der Waals surface area (Å²) in [6.45, 7) is 5.45. The number of nitriles is 1. The molecule has 0 spiro atoms. The van der Waals surface area contributed by atoms with E-state index in [1.165, 1.54) is 13.2 Å². The molecule has 28 heavy (non-hydrogen) atoms. The van der Waals surface area contributed by atoms with E-state index < -0.39 is 5.97 Å². The van der Waals surface area contributed by atoms with Gasteiger partial charge in [0, 0.05) is 13.1 Å². The maximum Gasteiger partial charge on any atom is 0.349 e. The van der Waals surface area contributed by atoms with Crippen molar-refractivity contribution in [2.24, 2.45) is 0 Å². The van der Waals surface area contributed by atoms with Crippen LogP contribution < -0.4 is 9.47 Å². The zero-order valence-corrected chi connectivity index (χ0v) is 16.3. The number of methoxy groups -OCH3 is 1. The van der Waals surface area contributed by atoms with Crippen LogP contribution in [0.3, 0.4) is 0 Å². The minimum Gasteiger partial charge on any atom is -0.493 e. The molecule has 0 unspecified atom stereocenters. The first-order valence-corrected chi connectivity index (χ1v) is 8.93. The van der Waals surface area contributed by atoms with Gasteiger partial charge < -0.3 is 23.8 Å². The van der Waals surface area contributed by atoms with Gasteiger partial charge in [0.15, 0.2) is 18.1 Å². The molecule has 8 nitrogen and oxygen atoms in total. The van der Waals surface area contributed by atoms with Crippen LogP contribution in [0.1, 0.15) is 19.4 Å². The number of rotatable bonds is 7. The smallest absolute Gasteiger partial charge is 0.349 e. The average molecular weight is 388 g/mol. The third-order valence-corrected chi connectivity index (χ3v) is 3.90. The van der Waals surface area contributed by atoms with Crippen LogP contribution in [0, 0.1) is 11.3 Å². The van der Waals surface area contributed by atoms with E-state index in [1.54, 1.807) is 36.9 Å². The quantitative estimate of drug-likeness (QED) is 0.399. The number of benzene rings is 1. The second-order valence-electron chi connectivity index (χ2n) is 6.32. The molecule has 0 aromatic heterocycles. The number of nitrogens with zero attached hydrogens (tertiary/aromatic N) is 2. The van der Waals surface area contributed by atoms with Crippen molar-refractivity contribution in [3.63, 3.8) is 0 Å². The molecule has 2 rings (SSSR count). The molecule has 1 aromatic rings. The monoisotopic (exact) mass is 388 g/mol. The van der Waals surface area contributed by atoms with E-state index in [9.17, 15) is 14.9 Å². The van der Waals surface area contributed by atoms with E-state index in [-0.39, 0.29) is 24.2 Å². The molecule has 1 saturated heterocycles. The van der Waals surface area contributed by atoms with E-state index in [0.717, 1.165) is 0 Å². The van der Waals surface area contributed by atoms with Crippen molar-refractivity contribution in [3.05, 3.63) is 29.3 Å². The lowest BCUT2D eigenvalue weighted by Crippen LogP contribution is -2.43. The molecule has 1 aromatic carbocycles. The Morgan fingerprint density at radius 3 is 2.61 bits per heavy atom. The minimum absolute atomic E-state index is 0.115. The lowest BCUT2D eigenvalue weighted by Gasteiger charge is -2.26. The number of carbonyl (C=O) groups excluding carboxylic acids is 2. The van der Waals surface area contributed by atoms with Crippen LogP contribution >= 0.6 is 0 Å². The summed E-state index contributed by atoms with van der Waals surface area (Å²) in [7, 11) is 1.47. The predicted octanol–water partition coefficient (Wildman–Crippen LogP) is 1.79. The molecular weight excluding hydrogens is 364 g/mol. The van der Waals surface area contributed by atoms with E-state index in [4.69, 9.17) is 18.9 Å². The Bertz CT molecular complexity index is 775. The van der Waals surface area contributed by atoms with Gasteiger partial charge >= 0.3 is 5.97 Å². The molecule has 0 aliphatic carbocycles. The lowest BCUT2D eigenvalue weighted by molar-refractivity contribution is -0.142. The summed E-state index contributed by atoms with van der Waals surface area (Å²) in [5.41, 5.74) is 0.452. The summed E-state index contributed by atoms with van der Waals surface area (Å²) in [4.78, 5) is 25.8. The molecule has 1 fully saturated rings. The van der Waals surface area contributed by atoms with Crippen molar-refractivity contribution in [2.45, 2.75) is 20.0 Å². The number of amides is 1. The third kappa shape index (κ3) is 5.99. The fraction of sp³-hybridized carbons (Fsp3) is 0.450. The van der Waals surface area contributed by atoms with E-state index in [0.29, 0.717) is 43.4 Å². The molecule has 150 valence electrons. The Balaban J connectivity index is 2.08. The molecule has 0 radical (unpaired) electrons. The minimum atomic E-state index is -0.687. The highest BCUT2D eigenvalue weighted by atomic mass is 16.5. The highest BCUT2D eigenvalue weighted by Crippen LogP contribution is 2.29. The second kappa shape index (κ2) is 10.3. The van der Waals surface area contributed by atoms with Gasteiger partial charge in [0.05, 0.1) is 26.4 Å². The van der Waals surface area contributed by atoms with Crippen LogP contribution in [-0.2, 0) is 19.1 Å². The van der Waals surface area contributed by atoms with Gasteiger partial charge in [0.2, 0.25) is 0 Å². The molecule has 1 aliphatic rings. The molecule has 0 N–H and O–H groups in total. The van der Waals surface area contributed by atoms with Gasteiger partial charge in [-0.3, -0.25) is 4.79 Å². The van der Waals surface area contributed by atoms with Crippen molar-refractivity contribution in [1.29, 1.82) is 5.26 Å². The van der Waals surface area contributed by atoms with Gasteiger partial charge in [0.25, 0.3) is 5.91 Å². The molecule has 0 bridgehead atoms. The standard InChI is InChI=1S/C20H24N2O6/c1-14(2)28-20(24)16(12-21)10-15-4-5-17(18(11-15)25-3)27-13-19(23)22-6-8-26-9-7-22/h4-5,10-11,14H,6-9,13H2,1-3H3/b16-10+. The number of morpholine rings is 1. The zero-order chi connectivity index (χ0) is 20.5. The van der Waals surface area contributed by atoms with Crippen molar-refractivity contribution in [2.75, 3.05) is 40.0 Å². The average Bonchev–Trinajstić information content (AvgIpc) is 2.70. The second-order valence-corrected chi connectivity index (χ2v) is 6.32. The molecule has 1 aliphatic heterocycles. The summed E-state index contributed by atoms with van der Waals surface area (Å²) in [5.74, 6) is -0.0343. The summed E-state index contributed by atoms with van der Waals surface area (Å²) < 4.78 is 21.2. The zero-order valence-electron chi connectivity index (χ0n) is 16.3. The Hall–Kier alpha value is -3.05. The fourth-order valence-corrected chi connectivity index (χ4v) is 2.52. The number of esters is 1.